The molecule has 0 spiro atoms. The summed E-state index contributed by atoms with van der Waals surface area (Å²) in [5.41, 5.74) is 1.95. The first-order valence-corrected chi connectivity index (χ1v) is 9.59. The van der Waals surface area contributed by atoms with Gasteiger partial charge in [-0.3, -0.25) is 9.59 Å². The summed E-state index contributed by atoms with van der Waals surface area (Å²) in [6.45, 7) is 2.96. The Balaban J connectivity index is 1.40. The lowest BCUT2D eigenvalue weighted by Crippen LogP contribution is -2.27. The van der Waals surface area contributed by atoms with Crippen LogP contribution >= 0.6 is 22.7 Å². The van der Waals surface area contributed by atoms with Gasteiger partial charge in [-0.05, 0) is 25.5 Å². The zero-order valence-corrected chi connectivity index (χ0v) is 15.1. The van der Waals surface area contributed by atoms with Crippen molar-refractivity contribution in [1.82, 2.24) is 14.9 Å². The van der Waals surface area contributed by atoms with E-state index in [1.54, 1.807) is 15.9 Å². The molecule has 24 heavy (non-hydrogen) atoms. The summed E-state index contributed by atoms with van der Waals surface area (Å²) in [4.78, 5) is 28.0. The van der Waals surface area contributed by atoms with Crippen molar-refractivity contribution < 1.29 is 4.79 Å². The number of thiazole rings is 2. The zero-order chi connectivity index (χ0) is 16.9. The molecule has 5 nitrogen and oxygen atoms in total. The van der Waals surface area contributed by atoms with E-state index in [-0.39, 0.29) is 10.8 Å². The minimum absolute atomic E-state index is 0.00358. The summed E-state index contributed by atoms with van der Waals surface area (Å²) in [5, 5.41) is 5.83. The molecule has 3 aromatic rings. The molecule has 0 unspecified atom stereocenters. The first-order valence-electron chi connectivity index (χ1n) is 7.89. The van der Waals surface area contributed by atoms with Gasteiger partial charge >= 0.3 is 4.87 Å². The van der Waals surface area contributed by atoms with Crippen molar-refractivity contribution in [1.29, 1.82) is 0 Å². The summed E-state index contributed by atoms with van der Waals surface area (Å²) in [7, 11) is 0. The highest BCUT2D eigenvalue weighted by Gasteiger charge is 2.07. The number of amides is 1. The normalized spacial score (nSPS) is 11.0. The summed E-state index contributed by atoms with van der Waals surface area (Å²) >= 11 is 2.88. The van der Waals surface area contributed by atoms with E-state index in [4.69, 9.17) is 0 Å². The number of nitrogens with one attached hydrogen (secondary N) is 1. The quantitative estimate of drug-likeness (QED) is 0.658. The maximum absolute atomic E-state index is 11.9. The molecule has 0 saturated heterocycles. The first kappa shape index (κ1) is 16.9. The minimum atomic E-state index is -0.0169. The molecule has 0 aliphatic heterocycles. The second-order valence-electron chi connectivity index (χ2n) is 5.57. The third-order valence-electron chi connectivity index (χ3n) is 3.77. The monoisotopic (exact) mass is 361 g/mol. The Kier molecular flexibility index (Phi) is 5.42. The number of benzene rings is 1. The van der Waals surface area contributed by atoms with Gasteiger partial charge in [0, 0.05) is 37.0 Å². The van der Waals surface area contributed by atoms with Crippen molar-refractivity contribution in [2.45, 2.75) is 32.7 Å². The first-order chi connectivity index (χ1) is 11.6. The van der Waals surface area contributed by atoms with Gasteiger partial charge in [0.25, 0.3) is 0 Å². The molecule has 7 heteroatoms. The highest BCUT2D eigenvalue weighted by molar-refractivity contribution is 7.18. The number of carbonyl (C=O) groups excluding carboxylic acids is 1. The Morgan fingerprint density at radius 2 is 2.17 bits per heavy atom. The molecule has 1 amide bonds. The molecule has 1 N–H and O–H groups in total. The smallest absolute Gasteiger partial charge is 0.307 e. The molecule has 2 aromatic heterocycles. The van der Waals surface area contributed by atoms with Gasteiger partial charge < -0.3 is 9.88 Å². The van der Waals surface area contributed by atoms with Crippen molar-refractivity contribution >= 4 is 38.8 Å². The third kappa shape index (κ3) is 4.10. The molecule has 126 valence electrons. The number of aryl methyl sites for hydroxylation is 2. The molecule has 2 heterocycles. The number of fused-ring (bicyclic) bond motifs is 1. The zero-order valence-electron chi connectivity index (χ0n) is 13.4. The molecule has 0 aliphatic rings. The maximum Gasteiger partial charge on any atom is 0.307 e. The summed E-state index contributed by atoms with van der Waals surface area (Å²) in [5.74, 6) is -0.0169. The molecule has 0 aliphatic carbocycles. The highest BCUT2D eigenvalue weighted by atomic mass is 32.1. The van der Waals surface area contributed by atoms with Crippen LogP contribution in [0.5, 0.6) is 0 Å². The van der Waals surface area contributed by atoms with Crippen LogP contribution in [-0.4, -0.2) is 22.0 Å². The lowest BCUT2D eigenvalue weighted by molar-refractivity contribution is -0.121. The van der Waals surface area contributed by atoms with E-state index in [2.05, 4.69) is 16.4 Å². The Hall–Kier alpha value is -1.99. The van der Waals surface area contributed by atoms with Crippen LogP contribution in [0, 0.1) is 6.92 Å². The molecule has 0 saturated carbocycles. The highest BCUT2D eigenvalue weighted by Crippen LogP contribution is 2.22. The molecule has 0 atom stereocenters. The average Bonchev–Trinajstić information content (AvgIpc) is 3.13. The Morgan fingerprint density at radius 3 is 2.92 bits per heavy atom. The number of aromatic nitrogens is 2. The van der Waals surface area contributed by atoms with Crippen molar-refractivity contribution in [3.8, 4) is 0 Å². The molecule has 0 fully saturated rings. The maximum atomic E-state index is 11.9. The molecule has 0 radical (unpaired) electrons. The van der Waals surface area contributed by atoms with Crippen LogP contribution in [0.4, 0.5) is 0 Å². The third-order valence-corrected chi connectivity index (χ3v) is 5.74. The van der Waals surface area contributed by atoms with Crippen LogP contribution < -0.4 is 10.2 Å². The number of rotatable bonds is 7. The van der Waals surface area contributed by atoms with Crippen LogP contribution in [-0.2, 0) is 17.8 Å². The van der Waals surface area contributed by atoms with Gasteiger partial charge in [-0.15, -0.1) is 11.3 Å². The van der Waals surface area contributed by atoms with Gasteiger partial charge in [-0.2, -0.15) is 0 Å². The molecular formula is C17H19N3O2S2. The van der Waals surface area contributed by atoms with Gasteiger partial charge in [0.05, 0.1) is 15.2 Å². The Morgan fingerprint density at radius 1 is 1.33 bits per heavy atom. The van der Waals surface area contributed by atoms with E-state index in [1.807, 2.05) is 30.5 Å². The van der Waals surface area contributed by atoms with Gasteiger partial charge in [0.1, 0.15) is 0 Å². The predicted octanol–water partition coefficient (Wildman–Crippen LogP) is 2.97. The lowest BCUT2D eigenvalue weighted by Gasteiger charge is -2.06. The van der Waals surface area contributed by atoms with Gasteiger partial charge in [-0.1, -0.05) is 23.5 Å². The molecule has 0 bridgehead atoms. The molecular weight excluding hydrogens is 342 g/mol. The van der Waals surface area contributed by atoms with E-state index >= 15 is 0 Å². The Bertz CT molecular complexity index is 862. The van der Waals surface area contributed by atoms with Crippen LogP contribution in [0.1, 0.15) is 23.5 Å². The number of carbonyl (C=O) groups is 1. The molecule has 1 aromatic carbocycles. The van der Waals surface area contributed by atoms with E-state index in [0.717, 1.165) is 29.1 Å². The Labute approximate surface area is 148 Å². The van der Waals surface area contributed by atoms with Crippen LogP contribution in [0.2, 0.25) is 0 Å². The van der Waals surface area contributed by atoms with Crippen molar-refractivity contribution in [3.63, 3.8) is 0 Å². The number of nitrogens with zero attached hydrogens (tertiary/aromatic N) is 2. The summed E-state index contributed by atoms with van der Waals surface area (Å²) < 4.78 is 2.85. The SMILES string of the molecule is Cc1csc(=O)n1CCC(=O)NCCCc1nc2ccccc2s1. The van der Waals surface area contributed by atoms with Crippen molar-refractivity contribution in [3.05, 3.63) is 50.0 Å². The van der Waals surface area contributed by atoms with E-state index in [0.29, 0.717) is 19.5 Å². The number of hydrogen-bond acceptors (Lipinski definition) is 5. The van der Waals surface area contributed by atoms with E-state index in [9.17, 15) is 9.59 Å². The minimum Gasteiger partial charge on any atom is -0.356 e. The fourth-order valence-corrected chi connectivity index (χ4v) is 4.24. The number of para-hydroxylation sites is 1. The summed E-state index contributed by atoms with van der Waals surface area (Å²) in [6, 6.07) is 8.11. The van der Waals surface area contributed by atoms with Gasteiger partial charge in [-0.25, -0.2) is 4.98 Å². The average molecular weight is 361 g/mol. The lowest BCUT2D eigenvalue weighted by atomic mass is 10.3. The largest absolute Gasteiger partial charge is 0.356 e. The van der Waals surface area contributed by atoms with Crippen LogP contribution in [0.3, 0.4) is 0 Å². The van der Waals surface area contributed by atoms with Crippen LogP contribution in [0.25, 0.3) is 10.2 Å². The summed E-state index contributed by atoms with van der Waals surface area (Å²) in [6.07, 6.45) is 2.06. The second kappa shape index (κ2) is 7.72. The van der Waals surface area contributed by atoms with E-state index < -0.39 is 0 Å². The predicted molar refractivity (Wildman–Crippen MR) is 98.9 cm³/mol. The fraction of sp³-hybridized carbons (Fsp3) is 0.353. The standard InChI is InChI=1S/C17H19N3O2S2/c1-12-11-23-17(22)20(12)10-8-15(21)18-9-4-7-16-19-13-5-2-3-6-14(13)24-16/h2-3,5-6,11H,4,7-10H2,1H3,(H,18,21). The van der Waals surface area contributed by atoms with Crippen molar-refractivity contribution in [2.24, 2.45) is 0 Å². The second-order valence-corrected chi connectivity index (χ2v) is 7.51. The molecule has 3 rings (SSSR count). The fourth-order valence-electron chi connectivity index (χ4n) is 2.47. The van der Waals surface area contributed by atoms with Crippen molar-refractivity contribution in [2.75, 3.05) is 6.54 Å². The van der Waals surface area contributed by atoms with E-state index in [1.165, 1.54) is 16.0 Å². The van der Waals surface area contributed by atoms with Gasteiger partial charge in [0.2, 0.25) is 5.91 Å². The van der Waals surface area contributed by atoms with Crippen LogP contribution in [0.15, 0.2) is 34.4 Å². The topological polar surface area (TPSA) is 64.0 Å². The number of hydrogen-bond donors (Lipinski definition) is 1. The van der Waals surface area contributed by atoms with Gasteiger partial charge in [0.15, 0.2) is 0 Å².